The van der Waals surface area contributed by atoms with Crippen molar-refractivity contribution in [2.45, 2.75) is 51.6 Å². The second kappa shape index (κ2) is 5.24. The van der Waals surface area contributed by atoms with Crippen molar-refractivity contribution in [1.29, 1.82) is 0 Å². The van der Waals surface area contributed by atoms with Crippen LogP contribution < -0.4 is 4.74 Å². The van der Waals surface area contributed by atoms with E-state index in [1.54, 1.807) is 12.1 Å². The molecule has 87 valence electrons. The quantitative estimate of drug-likeness (QED) is 0.685. The van der Waals surface area contributed by atoms with Crippen LogP contribution in [0.2, 0.25) is 0 Å². The molecule has 1 aromatic carbocycles. The molecule has 1 aliphatic rings. The molecule has 0 aliphatic carbocycles. The third kappa shape index (κ3) is 2.69. The molecule has 16 heavy (non-hydrogen) atoms. The van der Waals surface area contributed by atoms with Gasteiger partial charge in [0.05, 0.1) is 0 Å². The van der Waals surface area contributed by atoms with Crippen molar-refractivity contribution in [3.8, 4) is 11.5 Å². The Bertz CT molecular complexity index is 347. The lowest BCUT2D eigenvalue weighted by Crippen LogP contribution is -2.12. The highest BCUT2D eigenvalue weighted by Gasteiger charge is 2.22. The molecule has 1 heterocycles. The molecule has 0 aromatic heterocycles. The van der Waals surface area contributed by atoms with Crippen LogP contribution in [-0.4, -0.2) is 6.10 Å². The Morgan fingerprint density at radius 2 is 2.19 bits per heavy atom. The number of rotatable bonds is 5. The Morgan fingerprint density at radius 1 is 1.31 bits per heavy atom. The van der Waals surface area contributed by atoms with Gasteiger partial charge in [0.15, 0.2) is 5.75 Å². The molecular weight excluding hydrogens is 200 g/mol. The Balaban J connectivity index is 1.81. The van der Waals surface area contributed by atoms with Gasteiger partial charge >= 0.3 is 0 Å². The van der Waals surface area contributed by atoms with Gasteiger partial charge in [0.1, 0.15) is 11.9 Å². The molecule has 1 unspecified atom stereocenters. The summed E-state index contributed by atoms with van der Waals surface area (Å²) in [5.41, 5.74) is 1.19. The minimum Gasteiger partial charge on any atom is -0.490 e. The van der Waals surface area contributed by atoms with Gasteiger partial charge in [-0.2, -0.15) is 0 Å². The number of unbranched alkanes of at least 4 members (excludes halogenated alkanes) is 3. The Kier molecular flexibility index (Phi) is 3.70. The lowest BCUT2D eigenvalue weighted by atomic mass is 10.0. The fourth-order valence-electron chi connectivity index (χ4n) is 2.24. The molecule has 2 heteroatoms. The van der Waals surface area contributed by atoms with Gasteiger partial charge in [-0.3, -0.25) is 5.11 Å². The zero-order valence-corrected chi connectivity index (χ0v) is 9.87. The summed E-state index contributed by atoms with van der Waals surface area (Å²) in [6.45, 7) is 2.22. The molecule has 1 aromatic rings. The van der Waals surface area contributed by atoms with Crippen LogP contribution in [0.15, 0.2) is 18.2 Å². The normalized spacial score (nSPS) is 18.2. The van der Waals surface area contributed by atoms with Crippen LogP contribution in [0, 0.1) is 0 Å². The van der Waals surface area contributed by atoms with Gasteiger partial charge in [-0.1, -0.05) is 32.3 Å². The van der Waals surface area contributed by atoms with Crippen LogP contribution in [0.3, 0.4) is 0 Å². The lowest BCUT2D eigenvalue weighted by Gasteiger charge is -2.09. The predicted octanol–water partition coefficient (Wildman–Crippen LogP) is 4.10. The molecular formula is C14H19O2. The van der Waals surface area contributed by atoms with E-state index in [-0.39, 0.29) is 5.75 Å². The number of fused-ring (bicyclic) bond motifs is 1. The van der Waals surface area contributed by atoms with Gasteiger partial charge in [0.2, 0.25) is 0 Å². The molecule has 0 amide bonds. The van der Waals surface area contributed by atoms with Crippen molar-refractivity contribution in [2.75, 3.05) is 0 Å². The fraction of sp³-hybridized carbons (Fsp3) is 0.571. The van der Waals surface area contributed by atoms with E-state index in [1.807, 2.05) is 6.07 Å². The van der Waals surface area contributed by atoms with Crippen LogP contribution >= 0.6 is 0 Å². The highest BCUT2D eigenvalue weighted by Crippen LogP contribution is 2.33. The summed E-state index contributed by atoms with van der Waals surface area (Å²) in [5.74, 6) is 0.860. The van der Waals surface area contributed by atoms with E-state index >= 15 is 0 Å². The largest absolute Gasteiger partial charge is 0.490 e. The van der Waals surface area contributed by atoms with Crippen LogP contribution in [0.4, 0.5) is 0 Å². The predicted molar refractivity (Wildman–Crippen MR) is 63.5 cm³/mol. The zero-order valence-electron chi connectivity index (χ0n) is 9.87. The smallest absolute Gasteiger partial charge is 0.182 e. The maximum atomic E-state index is 11.2. The van der Waals surface area contributed by atoms with Gasteiger partial charge in [-0.25, -0.2) is 0 Å². The molecule has 0 fully saturated rings. The standard InChI is InChI=1S/C14H19O2/c1-2-3-4-5-6-13-9-11-7-8-12(15)10-14(11)16-13/h7-8,10,13H,2-6,9H2,1H3. The molecule has 1 radical (unpaired) electrons. The van der Waals surface area contributed by atoms with Crippen molar-refractivity contribution in [2.24, 2.45) is 0 Å². The first kappa shape index (κ1) is 11.3. The van der Waals surface area contributed by atoms with Gasteiger partial charge in [-0.15, -0.1) is 0 Å². The Labute approximate surface area is 97.3 Å². The van der Waals surface area contributed by atoms with Crippen LogP contribution in [0.5, 0.6) is 11.5 Å². The van der Waals surface area contributed by atoms with Gasteiger partial charge in [-0.05, 0) is 24.5 Å². The van der Waals surface area contributed by atoms with E-state index in [0.29, 0.717) is 6.10 Å². The van der Waals surface area contributed by atoms with E-state index in [1.165, 1.54) is 31.2 Å². The molecule has 1 aliphatic heterocycles. The molecule has 2 nitrogen and oxygen atoms in total. The summed E-state index contributed by atoms with van der Waals surface area (Å²) in [5, 5.41) is 11.2. The fourth-order valence-corrected chi connectivity index (χ4v) is 2.24. The molecule has 1 atom stereocenters. The van der Waals surface area contributed by atoms with E-state index in [4.69, 9.17) is 4.74 Å². The number of hydrogen-bond donors (Lipinski definition) is 0. The maximum absolute atomic E-state index is 11.2. The van der Waals surface area contributed by atoms with Crippen molar-refractivity contribution in [1.82, 2.24) is 0 Å². The third-order valence-corrected chi connectivity index (χ3v) is 3.16. The first-order valence-electron chi connectivity index (χ1n) is 6.26. The Morgan fingerprint density at radius 3 is 3.00 bits per heavy atom. The minimum atomic E-state index is 0.0467. The molecule has 0 bridgehead atoms. The van der Waals surface area contributed by atoms with E-state index < -0.39 is 0 Å². The number of benzene rings is 1. The SMILES string of the molecule is CCCCCCC1Cc2ccc([O])cc2O1. The highest BCUT2D eigenvalue weighted by atomic mass is 16.5. The second-order valence-electron chi connectivity index (χ2n) is 4.56. The lowest BCUT2D eigenvalue weighted by molar-refractivity contribution is 0.215. The summed E-state index contributed by atoms with van der Waals surface area (Å²) in [4.78, 5) is 0. The average molecular weight is 219 g/mol. The van der Waals surface area contributed by atoms with Crippen LogP contribution in [-0.2, 0) is 11.5 Å². The van der Waals surface area contributed by atoms with E-state index in [2.05, 4.69) is 6.92 Å². The van der Waals surface area contributed by atoms with Crippen LogP contribution in [0.25, 0.3) is 0 Å². The molecule has 0 saturated carbocycles. The topological polar surface area (TPSA) is 29.1 Å². The number of hydrogen-bond acceptors (Lipinski definition) is 1. The summed E-state index contributed by atoms with van der Waals surface area (Å²) < 4.78 is 5.77. The average Bonchev–Trinajstić information content (AvgIpc) is 2.66. The molecule has 0 saturated heterocycles. The first-order valence-corrected chi connectivity index (χ1v) is 6.26. The summed E-state index contributed by atoms with van der Waals surface area (Å²) >= 11 is 0. The highest BCUT2D eigenvalue weighted by molar-refractivity contribution is 5.42. The molecule has 0 spiro atoms. The second-order valence-corrected chi connectivity index (χ2v) is 4.56. The monoisotopic (exact) mass is 219 g/mol. The maximum Gasteiger partial charge on any atom is 0.182 e. The van der Waals surface area contributed by atoms with Gasteiger partial charge in [0, 0.05) is 12.5 Å². The summed E-state index contributed by atoms with van der Waals surface area (Å²) in [7, 11) is 0. The minimum absolute atomic E-state index is 0.0467. The van der Waals surface area contributed by atoms with E-state index in [0.717, 1.165) is 18.6 Å². The van der Waals surface area contributed by atoms with Crippen LogP contribution in [0.1, 0.15) is 44.6 Å². The third-order valence-electron chi connectivity index (χ3n) is 3.16. The first-order chi connectivity index (χ1) is 7.79. The van der Waals surface area contributed by atoms with Gasteiger partial charge < -0.3 is 4.74 Å². The Hall–Kier alpha value is -1.18. The summed E-state index contributed by atoms with van der Waals surface area (Å²) in [6, 6.07) is 5.15. The van der Waals surface area contributed by atoms with Crippen molar-refractivity contribution >= 4 is 0 Å². The van der Waals surface area contributed by atoms with Crippen molar-refractivity contribution in [3.63, 3.8) is 0 Å². The van der Waals surface area contributed by atoms with Crippen molar-refractivity contribution in [3.05, 3.63) is 23.8 Å². The van der Waals surface area contributed by atoms with Gasteiger partial charge in [0.25, 0.3) is 0 Å². The van der Waals surface area contributed by atoms with Crippen molar-refractivity contribution < 1.29 is 9.84 Å². The molecule has 0 N–H and O–H groups in total. The summed E-state index contributed by atoms with van der Waals surface area (Å²) in [6.07, 6.45) is 7.49. The number of ether oxygens (including phenoxy) is 1. The zero-order chi connectivity index (χ0) is 11.4. The molecule has 2 rings (SSSR count). The van der Waals surface area contributed by atoms with E-state index in [9.17, 15) is 5.11 Å².